The zero-order chi connectivity index (χ0) is 26.1. The first-order valence-electron chi connectivity index (χ1n) is 10.5. The Kier molecular flexibility index (Phi) is 12.5. The number of methoxy groups -OCH3 is 2. The zero-order valence-electron chi connectivity index (χ0n) is 21.0. The van der Waals surface area contributed by atoms with Crippen LogP contribution in [0.3, 0.4) is 0 Å². The third-order valence-electron chi connectivity index (χ3n) is 5.15. The van der Waals surface area contributed by atoms with Crippen molar-refractivity contribution in [3.8, 4) is 0 Å². The number of aliphatic carboxylic acids is 2. The van der Waals surface area contributed by atoms with Crippen molar-refractivity contribution in [2.75, 3.05) is 14.2 Å². The maximum absolute atomic E-state index is 11.2. The van der Waals surface area contributed by atoms with E-state index in [0.717, 1.165) is 11.1 Å². The number of hydrogen-bond acceptors (Lipinski definition) is 8. The van der Waals surface area contributed by atoms with Gasteiger partial charge in [-0.15, -0.1) is 0 Å². The van der Waals surface area contributed by atoms with E-state index in [2.05, 4.69) is 9.47 Å². The molecule has 0 radical (unpaired) electrons. The van der Waals surface area contributed by atoms with Crippen LogP contribution in [0.15, 0.2) is 48.5 Å². The molecule has 0 bridgehead atoms. The smallest absolute Gasteiger partial charge is 0.550 e. The SMILES string of the molecule is COC(=O)c1ccc(CC(C)(C)C(=O)[O-])cc1.COC(=O)c1ccc(CC(C)(C)C(=O)[O-])cc1.[Zn+2]. The van der Waals surface area contributed by atoms with Gasteiger partial charge in [-0.2, -0.15) is 0 Å². The molecule has 0 atom stereocenters. The number of esters is 2. The van der Waals surface area contributed by atoms with Gasteiger partial charge in [0.05, 0.1) is 25.3 Å². The van der Waals surface area contributed by atoms with Crippen molar-refractivity contribution in [2.24, 2.45) is 10.8 Å². The number of carbonyl (C=O) groups is 4. The molecular weight excluding hydrogens is 506 g/mol. The summed E-state index contributed by atoms with van der Waals surface area (Å²) in [5.41, 5.74) is 0.725. The molecule has 0 unspecified atom stereocenters. The molecule has 8 nitrogen and oxygen atoms in total. The molecule has 0 aliphatic carbocycles. The van der Waals surface area contributed by atoms with E-state index in [1.54, 1.807) is 76.2 Å². The normalized spacial score (nSPS) is 10.7. The van der Waals surface area contributed by atoms with Crippen LogP contribution in [0, 0.1) is 10.8 Å². The molecular formula is C26H30O8Zn. The van der Waals surface area contributed by atoms with Crippen molar-refractivity contribution < 1.29 is 58.3 Å². The Morgan fingerprint density at radius 1 is 0.629 bits per heavy atom. The van der Waals surface area contributed by atoms with Crippen LogP contribution in [0.4, 0.5) is 0 Å². The van der Waals surface area contributed by atoms with Gasteiger partial charge < -0.3 is 29.3 Å². The van der Waals surface area contributed by atoms with Crippen LogP contribution < -0.4 is 10.2 Å². The molecule has 0 N–H and O–H groups in total. The molecule has 0 spiro atoms. The topological polar surface area (TPSA) is 133 Å². The second-order valence-electron chi connectivity index (χ2n) is 9.07. The van der Waals surface area contributed by atoms with Gasteiger partial charge in [0.2, 0.25) is 0 Å². The molecule has 0 amide bonds. The summed E-state index contributed by atoms with van der Waals surface area (Å²) in [5.74, 6) is -2.99. The molecule has 0 fully saturated rings. The maximum atomic E-state index is 11.2. The van der Waals surface area contributed by atoms with Gasteiger partial charge >= 0.3 is 31.4 Å². The fourth-order valence-corrected chi connectivity index (χ4v) is 2.92. The van der Waals surface area contributed by atoms with Crippen molar-refractivity contribution in [1.82, 2.24) is 0 Å². The van der Waals surface area contributed by atoms with Crippen molar-refractivity contribution in [2.45, 2.75) is 40.5 Å². The van der Waals surface area contributed by atoms with E-state index in [1.807, 2.05) is 0 Å². The Morgan fingerprint density at radius 2 is 0.886 bits per heavy atom. The number of ether oxygens (including phenoxy) is 2. The Balaban J connectivity index is 0.000000642. The predicted octanol–water partition coefficient (Wildman–Crippen LogP) is 1.58. The van der Waals surface area contributed by atoms with E-state index < -0.39 is 34.7 Å². The van der Waals surface area contributed by atoms with Gasteiger partial charge in [0.1, 0.15) is 0 Å². The van der Waals surface area contributed by atoms with Crippen LogP contribution in [-0.2, 0) is 51.4 Å². The molecule has 2 rings (SSSR count). The molecule has 0 aliphatic rings. The fraction of sp³-hybridized carbons (Fsp3) is 0.385. The molecule has 0 aliphatic heterocycles. The molecule has 184 valence electrons. The van der Waals surface area contributed by atoms with Gasteiger partial charge in [-0.25, -0.2) is 9.59 Å². The third kappa shape index (κ3) is 9.99. The van der Waals surface area contributed by atoms with E-state index >= 15 is 0 Å². The summed E-state index contributed by atoms with van der Waals surface area (Å²) in [7, 11) is 2.63. The van der Waals surface area contributed by atoms with Crippen molar-refractivity contribution in [3.05, 3.63) is 70.8 Å². The minimum absolute atomic E-state index is 0. The first kappa shape index (κ1) is 31.9. The van der Waals surface area contributed by atoms with Crippen molar-refractivity contribution in [3.63, 3.8) is 0 Å². The van der Waals surface area contributed by atoms with Crippen LogP contribution in [0.1, 0.15) is 59.5 Å². The van der Waals surface area contributed by atoms with E-state index in [9.17, 15) is 29.4 Å². The summed E-state index contributed by atoms with van der Waals surface area (Å²) in [6, 6.07) is 13.3. The number of carbonyl (C=O) groups excluding carboxylic acids is 4. The molecule has 35 heavy (non-hydrogen) atoms. The minimum Gasteiger partial charge on any atom is -0.550 e. The van der Waals surface area contributed by atoms with Crippen molar-refractivity contribution in [1.29, 1.82) is 0 Å². The third-order valence-corrected chi connectivity index (χ3v) is 5.15. The number of carboxylic acid groups (broad SMARTS) is 2. The Labute approximate surface area is 218 Å². The quantitative estimate of drug-likeness (QED) is 0.367. The summed E-state index contributed by atoms with van der Waals surface area (Å²) >= 11 is 0. The van der Waals surface area contributed by atoms with Gasteiger partial charge in [0, 0.05) is 22.8 Å². The molecule has 0 saturated heterocycles. The molecule has 2 aromatic rings. The van der Waals surface area contributed by atoms with Crippen LogP contribution in [0.25, 0.3) is 0 Å². The first-order valence-corrected chi connectivity index (χ1v) is 10.5. The standard InChI is InChI=1S/2C13H16O4.Zn/c2*1-13(2,12(15)16)8-9-4-6-10(7-5-9)11(14)17-3;/h2*4-7H,8H2,1-3H3,(H,15,16);/q;;+2/p-2. The largest absolute Gasteiger partial charge is 2.00 e. The van der Waals surface area contributed by atoms with E-state index in [1.165, 1.54) is 14.2 Å². The summed E-state index contributed by atoms with van der Waals surface area (Å²) in [6.07, 6.45) is 0.716. The van der Waals surface area contributed by atoms with Gasteiger partial charge in [-0.3, -0.25) is 0 Å². The fourth-order valence-electron chi connectivity index (χ4n) is 2.92. The summed E-state index contributed by atoms with van der Waals surface area (Å²) < 4.78 is 9.14. The second kappa shape index (κ2) is 13.7. The van der Waals surface area contributed by atoms with Gasteiger partial charge in [0.15, 0.2) is 0 Å². The van der Waals surface area contributed by atoms with Gasteiger partial charge in [0.25, 0.3) is 0 Å². The molecule has 9 heteroatoms. The van der Waals surface area contributed by atoms with E-state index in [0.29, 0.717) is 24.0 Å². The number of rotatable bonds is 8. The average molecular weight is 536 g/mol. The average Bonchev–Trinajstić information content (AvgIpc) is 2.78. The van der Waals surface area contributed by atoms with Crippen molar-refractivity contribution >= 4 is 23.9 Å². The number of carboxylic acids is 2. The van der Waals surface area contributed by atoms with Crippen LogP contribution >= 0.6 is 0 Å². The van der Waals surface area contributed by atoms with E-state index in [4.69, 9.17) is 0 Å². The van der Waals surface area contributed by atoms with E-state index in [-0.39, 0.29) is 19.5 Å². The Hall–Kier alpha value is -3.06. The molecule has 0 aromatic heterocycles. The Morgan fingerprint density at radius 3 is 1.09 bits per heavy atom. The number of benzene rings is 2. The van der Waals surface area contributed by atoms with Gasteiger partial charge in [-0.1, -0.05) is 52.0 Å². The van der Waals surface area contributed by atoms with Crippen LogP contribution in [-0.4, -0.2) is 38.1 Å². The minimum atomic E-state index is -1.09. The van der Waals surface area contributed by atoms with Gasteiger partial charge in [-0.05, 0) is 48.2 Å². The summed E-state index contributed by atoms with van der Waals surface area (Å²) in [6.45, 7) is 6.43. The summed E-state index contributed by atoms with van der Waals surface area (Å²) in [4.78, 5) is 44.1. The number of hydrogen-bond donors (Lipinski definition) is 0. The van der Waals surface area contributed by atoms with Crippen LogP contribution in [0.2, 0.25) is 0 Å². The molecule has 0 saturated carbocycles. The monoisotopic (exact) mass is 534 g/mol. The van der Waals surface area contributed by atoms with Crippen LogP contribution in [0.5, 0.6) is 0 Å². The maximum Gasteiger partial charge on any atom is 2.00 e. The predicted molar refractivity (Wildman–Crippen MR) is 121 cm³/mol. The Bertz CT molecular complexity index is 925. The summed E-state index contributed by atoms with van der Waals surface area (Å²) in [5, 5.41) is 21.7. The first-order chi connectivity index (χ1) is 15.7. The molecule has 0 heterocycles. The molecule has 2 aromatic carbocycles. The second-order valence-corrected chi connectivity index (χ2v) is 9.07. The zero-order valence-corrected chi connectivity index (χ0v) is 24.0.